The Bertz CT molecular complexity index is 722. The molecular weight excluding hydrogens is 390 g/mol. The van der Waals surface area contributed by atoms with Crippen LogP contribution in [0, 0.1) is 6.92 Å². The Morgan fingerprint density at radius 2 is 2.08 bits per heavy atom. The Balaban J connectivity index is 1.79. The lowest BCUT2D eigenvalue weighted by Gasteiger charge is -2.26. The second-order valence-electron chi connectivity index (χ2n) is 7.19. The topological polar surface area (TPSA) is 30.3 Å². The van der Waals surface area contributed by atoms with E-state index in [9.17, 15) is 0 Å². The van der Waals surface area contributed by atoms with Gasteiger partial charge in [0.25, 0.3) is 0 Å². The van der Waals surface area contributed by atoms with Gasteiger partial charge in [-0.1, -0.05) is 35.0 Å². The largest absolute Gasteiger partial charge is 0.377 e. The van der Waals surface area contributed by atoms with Crippen molar-refractivity contribution >= 4 is 15.9 Å². The van der Waals surface area contributed by atoms with Gasteiger partial charge in [-0.2, -0.15) is 5.10 Å². The number of aromatic nitrogens is 2. The summed E-state index contributed by atoms with van der Waals surface area (Å²) in [5, 5.41) is 4.58. The van der Waals surface area contributed by atoms with Gasteiger partial charge in [0.05, 0.1) is 12.3 Å². The van der Waals surface area contributed by atoms with E-state index >= 15 is 0 Å². The number of hydrogen-bond donors (Lipinski definition) is 0. The van der Waals surface area contributed by atoms with Gasteiger partial charge in [0.15, 0.2) is 0 Å². The molecule has 1 aromatic carbocycles. The molecule has 1 saturated heterocycles. The van der Waals surface area contributed by atoms with Gasteiger partial charge < -0.3 is 4.74 Å². The molecule has 142 valence electrons. The highest BCUT2D eigenvalue weighted by molar-refractivity contribution is 9.10. The van der Waals surface area contributed by atoms with Crippen LogP contribution < -0.4 is 0 Å². The summed E-state index contributed by atoms with van der Waals surface area (Å²) in [6.45, 7) is 11.1. The van der Waals surface area contributed by atoms with Crippen LogP contribution in [0.15, 0.2) is 28.9 Å². The highest BCUT2D eigenvalue weighted by Gasteiger charge is 2.21. The van der Waals surface area contributed by atoms with Crippen LogP contribution >= 0.6 is 15.9 Å². The van der Waals surface area contributed by atoms with Gasteiger partial charge in [-0.15, -0.1) is 0 Å². The lowest BCUT2D eigenvalue weighted by Crippen LogP contribution is -2.31. The molecule has 2 heterocycles. The van der Waals surface area contributed by atoms with E-state index < -0.39 is 0 Å². The summed E-state index contributed by atoms with van der Waals surface area (Å²) < 4.78 is 9.23. The fraction of sp³-hybridized carbons (Fsp3) is 0.571. The van der Waals surface area contributed by atoms with Gasteiger partial charge in [0, 0.05) is 48.5 Å². The number of hydrogen-bond acceptors (Lipinski definition) is 3. The summed E-state index contributed by atoms with van der Waals surface area (Å²) in [6.07, 6.45) is 5.77. The first kappa shape index (κ1) is 19.6. The van der Waals surface area contributed by atoms with Crippen molar-refractivity contribution in [1.82, 2.24) is 14.7 Å². The lowest BCUT2D eigenvalue weighted by molar-refractivity contribution is 0.0677. The van der Waals surface area contributed by atoms with E-state index in [-0.39, 0.29) is 0 Å². The molecule has 1 aromatic heterocycles. The Morgan fingerprint density at radius 3 is 2.73 bits per heavy atom. The molecule has 0 radical (unpaired) electrons. The van der Waals surface area contributed by atoms with Crippen molar-refractivity contribution in [3.8, 4) is 0 Å². The van der Waals surface area contributed by atoms with Crippen molar-refractivity contribution in [3.63, 3.8) is 0 Å². The molecule has 0 aliphatic carbocycles. The molecule has 0 saturated carbocycles. The average molecular weight is 420 g/mol. The van der Waals surface area contributed by atoms with Crippen LogP contribution in [0.5, 0.6) is 0 Å². The van der Waals surface area contributed by atoms with Crippen LogP contribution in [-0.4, -0.2) is 33.9 Å². The van der Waals surface area contributed by atoms with E-state index in [0.717, 1.165) is 39.2 Å². The molecule has 1 fully saturated rings. The third kappa shape index (κ3) is 4.76. The zero-order chi connectivity index (χ0) is 18.5. The first-order valence-electron chi connectivity index (χ1n) is 9.73. The zero-order valence-electron chi connectivity index (χ0n) is 16.2. The van der Waals surface area contributed by atoms with E-state index in [4.69, 9.17) is 4.74 Å². The highest BCUT2D eigenvalue weighted by Crippen LogP contribution is 2.23. The molecule has 1 aliphatic heterocycles. The van der Waals surface area contributed by atoms with Gasteiger partial charge in [-0.05, 0) is 50.3 Å². The summed E-state index contributed by atoms with van der Waals surface area (Å²) in [4.78, 5) is 2.52. The molecule has 0 amide bonds. The first-order chi connectivity index (χ1) is 12.6. The highest BCUT2D eigenvalue weighted by atomic mass is 79.9. The van der Waals surface area contributed by atoms with Crippen molar-refractivity contribution in [2.24, 2.45) is 0 Å². The van der Waals surface area contributed by atoms with Crippen molar-refractivity contribution in [2.45, 2.75) is 65.8 Å². The molecule has 3 rings (SSSR count). The number of halogens is 1. The predicted octanol–water partition coefficient (Wildman–Crippen LogP) is 4.72. The molecule has 1 unspecified atom stereocenters. The predicted molar refractivity (Wildman–Crippen MR) is 109 cm³/mol. The smallest absolute Gasteiger partial charge is 0.0703 e. The van der Waals surface area contributed by atoms with Crippen LogP contribution in [0.2, 0.25) is 0 Å². The molecule has 0 N–H and O–H groups in total. The van der Waals surface area contributed by atoms with Crippen LogP contribution in [0.4, 0.5) is 0 Å². The normalized spacial score (nSPS) is 17.3. The fourth-order valence-electron chi connectivity index (χ4n) is 3.79. The van der Waals surface area contributed by atoms with E-state index in [2.05, 4.69) is 75.8 Å². The van der Waals surface area contributed by atoms with Gasteiger partial charge in [-0.25, -0.2) is 0 Å². The van der Waals surface area contributed by atoms with E-state index in [1.54, 1.807) is 0 Å². The molecule has 4 nitrogen and oxygen atoms in total. The summed E-state index contributed by atoms with van der Waals surface area (Å²) in [5.41, 5.74) is 5.31. The van der Waals surface area contributed by atoms with Gasteiger partial charge in [-0.3, -0.25) is 9.58 Å². The van der Waals surface area contributed by atoms with Gasteiger partial charge in [0.2, 0.25) is 0 Å². The molecule has 26 heavy (non-hydrogen) atoms. The van der Waals surface area contributed by atoms with Crippen LogP contribution in [-0.2, 0) is 30.8 Å². The molecule has 1 atom stereocenters. The second kappa shape index (κ2) is 9.16. The molecule has 2 aromatic rings. The summed E-state index contributed by atoms with van der Waals surface area (Å²) in [6, 6.07) is 6.63. The standard InChI is InChI=1S/C21H30BrN3O/c1-4-21-18(12-23-25(21)5-2)14-24(15-19-7-6-10-26-19)13-17-9-8-16(3)11-20(17)22/h8-9,11-12,19H,4-7,10,13-15H2,1-3H3. The minimum absolute atomic E-state index is 0.352. The van der Waals surface area contributed by atoms with Crippen LogP contribution in [0.1, 0.15) is 49.1 Å². The maximum atomic E-state index is 5.92. The van der Waals surface area contributed by atoms with E-state index in [1.165, 1.54) is 39.7 Å². The number of benzene rings is 1. The van der Waals surface area contributed by atoms with Crippen molar-refractivity contribution in [1.29, 1.82) is 0 Å². The molecule has 0 spiro atoms. The Kier molecular flexibility index (Phi) is 6.90. The summed E-state index contributed by atoms with van der Waals surface area (Å²) in [5.74, 6) is 0. The summed E-state index contributed by atoms with van der Waals surface area (Å²) >= 11 is 3.74. The van der Waals surface area contributed by atoms with Crippen LogP contribution in [0.25, 0.3) is 0 Å². The lowest BCUT2D eigenvalue weighted by atomic mass is 10.1. The third-order valence-corrected chi connectivity index (χ3v) is 5.89. The maximum absolute atomic E-state index is 5.92. The minimum atomic E-state index is 0.352. The molecular formula is C21H30BrN3O. The Hall–Kier alpha value is -1.17. The van der Waals surface area contributed by atoms with Crippen LogP contribution in [0.3, 0.4) is 0 Å². The summed E-state index contributed by atoms with van der Waals surface area (Å²) in [7, 11) is 0. The van der Waals surface area contributed by atoms with Crippen molar-refractivity contribution in [3.05, 3.63) is 51.3 Å². The average Bonchev–Trinajstić information content (AvgIpc) is 3.26. The zero-order valence-corrected chi connectivity index (χ0v) is 17.8. The van der Waals surface area contributed by atoms with E-state index in [1.807, 2.05) is 0 Å². The molecule has 5 heteroatoms. The number of aryl methyl sites for hydroxylation is 2. The van der Waals surface area contributed by atoms with E-state index in [0.29, 0.717) is 6.10 Å². The Labute approximate surface area is 165 Å². The number of rotatable bonds is 8. The maximum Gasteiger partial charge on any atom is 0.0703 e. The van der Waals surface area contributed by atoms with Crippen molar-refractivity contribution in [2.75, 3.05) is 13.2 Å². The molecule has 0 bridgehead atoms. The number of ether oxygens (including phenoxy) is 1. The minimum Gasteiger partial charge on any atom is -0.377 e. The Morgan fingerprint density at radius 1 is 1.27 bits per heavy atom. The SMILES string of the molecule is CCc1c(CN(Cc2ccc(C)cc2Br)CC2CCCO2)cnn1CC. The quantitative estimate of drug-likeness (QED) is 0.619. The molecule has 1 aliphatic rings. The fourth-order valence-corrected chi connectivity index (χ4v) is 4.41. The third-order valence-electron chi connectivity index (χ3n) is 5.15. The van der Waals surface area contributed by atoms with Gasteiger partial charge >= 0.3 is 0 Å². The first-order valence-corrected chi connectivity index (χ1v) is 10.5. The monoisotopic (exact) mass is 419 g/mol. The van der Waals surface area contributed by atoms with Gasteiger partial charge in [0.1, 0.15) is 0 Å². The number of nitrogens with zero attached hydrogens (tertiary/aromatic N) is 3. The van der Waals surface area contributed by atoms with Crippen molar-refractivity contribution < 1.29 is 4.74 Å². The second-order valence-corrected chi connectivity index (χ2v) is 8.04.